The zero-order valence-corrected chi connectivity index (χ0v) is 12.7. The number of carbonyl (C=O) groups is 1. The van der Waals surface area contributed by atoms with Crippen LogP contribution in [0.3, 0.4) is 0 Å². The molecule has 1 saturated heterocycles. The Hall–Kier alpha value is -1.59. The highest BCUT2D eigenvalue weighted by Gasteiger charge is 2.27. The van der Waals surface area contributed by atoms with Crippen LogP contribution in [0.1, 0.15) is 12.0 Å². The molecule has 0 aromatic heterocycles. The molecule has 1 aromatic rings. The van der Waals surface area contributed by atoms with E-state index in [1.54, 1.807) is 14.2 Å². The van der Waals surface area contributed by atoms with E-state index < -0.39 is 0 Å². The second-order valence-corrected chi connectivity index (χ2v) is 5.16. The summed E-state index contributed by atoms with van der Waals surface area (Å²) in [5, 5.41) is 0. The largest absolute Gasteiger partial charge is 0.497 e. The fourth-order valence-electron chi connectivity index (χ4n) is 2.45. The van der Waals surface area contributed by atoms with Gasteiger partial charge in [0, 0.05) is 26.8 Å². The van der Waals surface area contributed by atoms with Crippen LogP contribution in [0, 0.1) is 5.92 Å². The Morgan fingerprint density at radius 2 is 2.29 bits per heavy atom. The smallest absolute Gasteiger partial charge is 0.228 e. The third kappa shape index (κ3) is 4.44. The topological polar surface area (TPSA) is 48.0 Å². The zero-order chi connectivity index (χ0) is 15.1. The van der Waals surface area contributed by atoms with Gasteiger partial charge in [0.2, 0.25) is 5.91 Å². The molecule has 0 saturated carbocycles. The van der Waals surface area contributed by atoms with Gasteiger partial charge in [0.1, 0.15) is 5.75 Å². The van der Waals surface area contributed by atoms with E-state index >= 15 is 0 Å². The Labute approximate surface area is 125 Å². The van der Waals surface area contributed by atoms with Crippen LogP contribution in [-0.2, 0) is 20.8 Å². The summed E-state index contributed by atoms with van der Waals surface area (Å²) in [4.78, 5) is 14.4. The van der Waals surface area contributed by atoms with Crippen LogP contribution in [0.4, 0.5) is 0 Å². The van der Waals surface area contributed by atoms with Crippen molar-refractivity contribution in [2.75, 3.05) is 40.6 Å². The summed E-state index contributed by atoms with van der Waals surface area (Å²) in [7, 11) is 3.29. The number of amides is 1. The highest BCUT2D eigenvalue weighted by Crippen LogP contribution is 2.19. The first-order valence-electron chi connectivity index (χ1n) is 7.23. The normalized spacial score (nSPS) is 17.7. The molecule has 21 heavy (non-hydrogen) atoms. The van der Waals surface area contributed by atoms with Gasteiger partial charge in [-0.05, 0) is 24.1 Å². The standard InChI is InChI=1S/C16H23NO4/c1-19-9-7-17(16(18)14-6-8-21-12-14)11-13-4-3-5-15(10-13)20-2/h3-5,10,14H,6-9,11-12H2,1-2H3/t14-/m1/s1. The summed E-state index contributed by atoms with van der Waals surface area (Å²) >= 11 is 0. The maximum Gasteiger partial charge on any atom is 0.228 e. The first-order valence-corrected chi connectivity index (χ1v) is 7.23. The second-order valence-electron chi connectivity index (χ2n) is 5.16. The average molecular weight is 293 g/mol. The van der Waals surface area contributed by atoms with Gasteiger partial charge in [0.15, 0.2) is 0 Å². The molecule has 1 atom stereocenters. The van der Waals surface area contributed by atoms with Gasteiger partial charge in [-0.2, -0.15) is 0 Å². The van der Waals surface area contributed by atoms with Gasteiger partial charge in [0.25, 0.3) is 0 Å². The molecule has 0 unspecified atom stereocenters. The number of benzene rings is 1. The van der Waals surface area contributed by atoms with Crippen molar-refractivity contribution in [2.45, 2.75) is 13.0 Å². The molecule has 2 rings (SSSR count). The van der Waals surface area contributed by atoms with Crippen LogP contribution >= 0.6 is 0 Å². The second kappa shape index (κ2) is 8.00. The van der Waals surface area contributed by atoms with Gasteiger partial charge in [-0.25, -0.2) is 0 Å². The Morgan fingerprint density at radius 3 is 2.95 bits per heavy atom. The van der Waals surface area contributed by atoms with Gasteiger partial charge in [-0.15, -0.1) is 0 Å². The monoisotopic (exact) mass is 293 g/mol. The van der Waals surface area contributed by atoms with Crippen molar-refractivity contribution in [2.24, 2.45) is 5.92 Å². The molecule has 5 nitrogen and oxygen atoms in total. The van der Waals surface area contributed by atoms with E-state index in [4.69, 9.17) is 14.2 Å². The molecule has 116 valence electrons. The summed E-state index contributed by atoms with van der Waals surface area (Å²) < 4.78 is 15.7. The van der Waals surface area contributed by atoms with Crippen molar-refractivity contribution >= 4 is 5.91 Å². The number of methoxy groups -OCH3 is 2. The van der Waals surface area contributed by atoms with Gasteiger partial charge in [0.05, 0.1) is 26.2 Å². The van der Waals surface area contributed by atoms with Crippen molar-refractivity contribution in [3.05, 3.63) is 29.8 Å². The number of hydrogen-bond acceptors (Lipinski definition) is 4. The molecule has 1 aliphatic heterocycles. The van der Waals surface area contributed by atoms with Crippen LogP contribution < -0.4 is 4.74 Å². The van der Waals surface area contributed by atoms with Crippen LogP contribution in [0.25, 0.3) is 0 Å². The summed E-state index contributed by atoms with van der Waals surface area (Å²) in [5.74, 6) is 0.927. The molecule has 0 aliphatic carbocycles. The summed E-state index contributed by atoms with van der Waals surface area (Å²) in [6.07, 6.45) is 0.806. The number of hydrogen-bond donors (Lipinski definition) is 0. The van der Waals surface area contributed by atoms with Crippen LogP contribution in [0.2, 0.25) is 0 Å². The Balaban J connectivity index is 2.05. The van der Waals surface area contributed by atoms with E-state index in [1.165, 1.54) is 0 Å². The quantitative estimate of drug-likeness (QED) is 0.768. The van der Waals surface area contributed by atoms with Crippen molar-refractivity contribution in [3.8, 4) is 5.75 Å². The molecule has 1 aliphatic rings. The van der Waals surface area contributed by atoms with Crippen LogP contribution in [0.5, 0.6) is 5.75 Å². The first kappa shape index (κ1) is 15.8. The first-order chi connectivity index (χ1) is 10.2. The molecular weight excluding hydrogens is 270 g/mol. The van der Waals surface area contributed by atoms with Gasteiger partial charge in [-0.1, -0.05) is 12.1 Å². The number of rotatable bonds is 7. The Kier molecular flexibility index (Phi) is 6.02. The minimum absolute atomic E-state index is 0.0209. The van der Waals surface area contributed by atoms with Crippen molar-refractivity contribution in [3.63, 3.8) is 0 Å². The fourth-order valence-corrected chi connectivity index (χ4v) is 2.45. The van der Waals surface area contributed by atoms with E-state index in [-0.39, 0.29) is 11.8 Å². The molecule has 5 heteroatoms. The van der Waals surface area contributed by atoms with Crippen molar-refractivity contribution in [1.82, 2.24) is 4.90 Å². The molecule has 0 radical (unpaired) electrons. The summed E-state index contributed by atoms with van der Waals surface area (Å²) in [5.41, 5.74) is 1.05. The molecular formula is C16H23NO4. The average Bonchev–Trinajstić information content (AvgIpc) is 3.05. The van der Waals surface area contributed by atoms with E-state index in [1.807, 2.05) is 29.2 Å². The maximum absolute atomic E-state index is 12.6. The number of ether oxygens (including phenoxy) is 3. The fraction of sp³-hybridized carbons (Fsp3) is 0.562. The number of carbonyl (C=O) groups excluding carboxylic acids is 1. The lowest BCUT2D eigenvalue weighted by atomic mass is 10.1. The van der Waals surface area contributed by atoms with Gasteiger partial charge < -0.3 is 19.1 Å². The van der Waals surface area contributed by atoms with Crippen LogP contribution in [0.15, 0.2) is 24.3 Å². The minimum atomic E-state index is -0.0209. The zero-order valence-electron chi connectivity index (χ0n) is 12.7. The van der Waals surface area contributed by atoms with E-state index in [9.17, 15) is 4.79 Å². The van der Waals surface area contributed by atoms with Crippen molar-refractivity contribution in [1.29, 1.82) is 0 Å². The Bertz CT molecular complexity index is 457. The highest BCUT2D eigenvalue weighted by molar-refractivity contribution is 5.79. The molecule has 1 heterocycles. The van der Waals surface area contributed by atoms with Gasteiger partial charge >= 0.3 is 0 Å². The SMILES string of the molecule is COCCN(Cc1cccc(OC)c1)C(=O)[C@@H]1CCOC1. The highest BCUT2D eigenvalue weighted by atomic mass is 16.5. The maximum atomic E-state index is 12.6. The lowest BCUT2D eigenvalue weighted by Crippen LogP contribution is -2.38. The van der Waals surface area contributed by atoms with E-state index in [0.29, 0.717) is 32.9 Å². The predicted molar refractivity (Wildman–Crippen MR) is 79.2 cm³/mol. The molecule has 1 fully saturated rings. The lowest BCUT2D eigenvalue weighted by molar-refractivity contribution is -0.136. The predicted octanol–water partition coefficient (Wildman–Crippen LogP) is 1.71. The third-order valence-corrected chi connectivity index (χ3v) is 3.66. The van der Waals surface area contributed by atoms with Crippen LogP contribution in [-0.4, -0.2) is 51.4 Å². The van der Waals surface area contributed by atoms with E-state index in [2.05, 4.69) is 0 Å². The lowest BCUT2D eigenvalue weighted by Gasteiger charge is -2.25. The number of nitrogens with zero attached hydrogens (tertiary/aromatic N) is 1. The minimum Gasteiger partial charge on any atom is -0.497 e. The molecule has 1 aromatic carbocycles. The molecule has 0 bridgehead atoms. The van der Waals surface area contributed by atoms with Gasteiger partial charge in [-0.3, -0.25) is 4.79 Å². The Morgan fingerprint density at radius 1 is 1.43 bits per heavy atom. The van der Waals surface area contributed by atoms with Crippen molar-refractivity contribution < 1.29 is 19.0 Å². The van der Waals surface area contributed by atoms with E-state index in [0.717, 1.165) is 17.7 Å². The molecule has 0 N–H and O–H groups in total. The summed E-state index contributed by atoms with van der Waals surface area (Å²) in [6.45, 7) is 2.89. The third-order valence-electron chi connectivity index (χ3n) is 3.66. The summed E-state index contributed by atoms with van der Waals surface area (Å²) in [6, 6.07) is 7.79. The molecule has 0 spiro atoms. The molecule has 1 amide bonds.